The van der Waals surface area contributed by atoms with Crippen LogP contribution in [0, 0.1) is 0 Å². The van der Waals surface area contributed by atoms with Crippen molar-refractivity contribution < 1.29 is 13.2 Å². The molecule has 1 saturated heterocycles. The van der Waals surface area contributed by atoms with E-state index in [9.17, 15) is 13.2 Å². The van der Waals surface area contributed by atoms with Gasteiger partial charge in [0.2, 0.25) is 15.1 Å². The number of carbonyl (C=O) groups excluding carboxylic acids is 1. The lowest BCUT2D eigenvalue weighted by Gasteiger charge is -2.11. The maximum absolute atomic E-state index is 12.0. The van der Waals surface area contributed by atoms with Gasteiger partial charge in [-0.3, -0.25) is 4.79 Å². The van der Waals surface area contributed by atoms with Crippen LogP contribution < -0.4 is 4.72 Å². The third-order valence-electron chi connectivity index (χ3n) is 2.43. The molecule has 2 rings (SSSR count). The van der Waals surface area contributed by atoms with Crippen molar-refractivity contribution in [2.24, 2.45) is 0 Å². The summed E-state index contributed by atoms with van der Waals surface area (Å²) in [4.78, 5) is 11.4. The molecule has 1 heterocycles. The predicted octanol–water partition coefficient (Wildman–Crippen LogP) is 2.30. The molecular formula is C10H9Cl2NO3S2. The Morgan fingerprint density at radius 2 is 2.00 bits per heavy atom. The Hall–Kier alpha value is -0.270. The minimum atomic E-state index is -3.74. The molecule has 0 aromatic heterocycles. The van der Waals surface area contributed by atoms with Crippen molar-refractivity contribution in [3.8, 4) is 0 Å². The Kier molecular flexibility index (Phi) is 4.23. The third kappa shape index (κ3) is 3.00. The van der Waals surface area contributed by atoms with Crippen molar-refractivity contribution in [3.05, 3.63) is 28.2 Å². The summed E-state index contributed by atoms with van der Waals surface area (Å²) < 4.78 is 26.4. The lowest BCUT2D eigenvalue weighted by atomic mass is 10.3. The highest BCUT2D eigenvalue weighted by Crippen LogP contribution is 2.26. The van der Waals surface area contributed by atoms with Gasteiger partial charge in [0.15, 0.2) is 0 Å². The van der Waals surface area contributed by atoms with E-state index in [1.54, 1.807) is 0 Å². The molecule has 1 atom stereocenters. The zero-order valence-corrected chi connectivity index (χ0v) is 12.2. The van der Waals surface area contributed by atoms with Gasteiger partial charge in [0, 0.05) is 5.75 Å². The average molecular weight is 326 g/mol. The molecule has 1 aromatic carbocycles. The summed E-state index contributed by atoms with van der Waals surface area (Å²) in [6.07, 6.45) is 0.504. The van der Waals surface area contributed by atoms with Crippen LogP contribution in [0.2, 0.25) is 10.0 Å². The molecule has 18 heavy (non-hydrogen) atoms. The summed E-state index contributed by atoms with van der Waals surface area (Å²) in [5, 5.41) is 0.286. The predicted molar refractivity (Wildman–Crippen MR) is 72.7 cm³/mol. The largest absolute Gasteiger partial charge is 0.285 e. The number of rotatable bonds is 3. The zero-order valence-electron chi connectivity index (χ0n) is 9.02. The Morgan fingerprint density at radius 1 is 1.28 bits per heavy atom. The van der Waals surface area contributed by atoms with Crippen LogP contribution in [0.1, 0.15) is 6.42 Å². The van der Waals surface area contributed by atoms with Crippen molar-refractivity contribution >= 4 is 50.1 Å². The van der Waals surface area contributed by atoms with Gasteiger partial charge in [-0.05, 0) is 24.6 Å². The van der Waals surface area contributed by atoms with Crippen LogP contribution >= 0.6 is 35.0 Å². The molecule has 4 nitrogen and oxygen atoms in total. The van der Waals surface area contributed by atoms with Gasteiger partial charge < -0.3 is 0 Å². The fraction of sp³-hybridized carbons (Fsp3) is 0.300. The molecule has 98 valence electrons. The first-order valence-electron chi connectivity index (χ1n) is 5.04. The van der Waals surface area contributed by atoms with E-state index in [0.29, 0.717) is 12.2 Å². The van der Waals surface area contributed by atoms with Gasteiger partial charge in [0.1, 0.15) is 0 Å². The van der Waals surface area contributed by atoms with E-state index in [1.165, 1.54) is 18.2 Å². The standard InChI is InChI=1S/C10H9Cl2NO3S2/c11-7-2-1-6(5-8(7)12)18(15,16)13-9-3-4-17-10(9)14/h1-2,5,9,13H,3-4H2/t9-/m0/s1. The number of sulfonamides is 1. The van der Waals surface area contributed by atoms with Crippen molar-refractivity contribution in [1.82, 2.24) is 4.72 Å². The monoisotopic (exact) mass is 325 g/mol. The molecule has 0 bridgehead atoms. The van der Waals surface area contributed by atoms with E-state index in [4.69, 9.17) is 23.2 Å². The van der Waals surface area contributed by atoms with Crippen LogP contribution in [0.3, 0.4) is 0 Å². The molecule has 1 aromatic rings. The van der Waals surface area contributed by atoms with Gasteiger partial charge >= 0.3 is 0 Å². The summed E-state index contributed by atoms with van der Waals surface area (Å²) in [6.45, 7) is 0. The van der Waals surface area contributed by atoms with Gasteiger partial charge in [-0.1, -0.05) is 35.0 Å². The highest BCUT2D eigenvalue weighted by Gasteiger charge is 2.30. The normalized spacial score (nSPS) is 20.3. The van der Waals surface area contributed by atoms with E-state index in [1.807, 2.05) is 0 Å². The number of hydrogen-bond donors (Lipinski definition) is 1. The number of benzene rings is 1. The summed E-state index contributed by atoms with van der Waals surface area (Å²) >= 11 is 12.6. The smallest absolute Gasteiger partial charge is 0.241 e. The summed E-state index contributed by atoms with van der Waals surface area (Å²) in [6, 6.07) is 3.36. The summed E-state index contributed by atoms with van der Waals surface area (Å²) in [5.41, 5.74) is 0. The molecule has 1 aliphatic rings. The van der Waals surface area contributed by atoms with Crippen LogP contribution in [0.4, 0.5) is 0 Å². The first-order valence-corrected chi connectivity index (χ1v) is 8.26. The van der Waals surface area contributed by atoms with Crippen LogP contribution in [0.25, 0.3) is 0 Å². The van der Waals surface area contributed by atoms with E-state index in [0.717, 1.165) is 11.8 Å². The van der Waals surface area contributed by atoms with Gasteiger partial charge in [-0.15, -0.1) is 0 Å². The molecule has 1 fully saturated rings. The van der Waals surface area contributed by atoms with Crippen molar-refractivity contribution in [3.63, 3.8) is 0 Å². The lowest BCUT2D eigenvalue weighted by molar-refractivity contribution is -0.111. The number of nitrogens with one attached hydrogen (secondary N) is 1. The van der Waals surface area contributed by atoms with Gasteiger partial charge in [-0.25, -0.2) is 8.42 Å². The number of halogens is 2. The fourth-order valence-electron chi connectivity index (χ4n) is 1.50. The van der Waals surface area contributed by atoms with Crippen LogP contribution in [0.15, 0.2) is 23.1 Å². The second-order valence-electron chi connectivity index (χ2n) is 3.71. The van der Waals surface area contributed by atoms with Crippen molar-refractivity contribution in [2.45, 2.75) is 17.4 Å². The first-order chi connectivity index (χ1) is 8.40. The highest BCUT2D eigenvalue weighted by molar-refractivity contribution is 8.14. The summed E-state index contributed by atoms with van der Waals surface area (Å²) in [7, 11) is -3.74. The van der Waals surface area contributed by atoms with E-state index >= 15 is 0 Å². The molecule has 0 radical (unpaired) electrons. The van der Waals surface area contributed by atoms with Crippen molar-refractivity contribution in [2.75, 3.05) is 5.75 Å². The van der Waals surface area contributed by atoms with Gasteiger partial charge in [0.05, 0.1) is 21.0 Å². The molecule has 0 aliphatic carbocycles. The average Bonchev–Trinajstić information content (AvgIpc) is 2.67. The Balaban J connectivity index is 2.25. The zero-order chi connectivity index (χ0) is 13.3. The number of carbonyl (C=O) groups is 1. The molecular weight excluding hydrogens is 317 g/mol. The molecule has 0 spiro atoms. The summed E-state index contributed by atoms with van der Waals surface area (Å²) in [5.74, 6) is 0.632. The molecule has 8 heteroatoms. The topological polar surface area (TPSA) is 63.2 Å². The lowest BCUT2D eigenvalue weighted by Crippen LogP contribution is -2.37. The molecule has 0 unspecified atom stereocenters. The SMILES string of the molecule is O=C1SCC[C@@H]1NS(=O)(=O)c1ccc(Cl)c(Cl)c1. The maximum Gasteiger partial charge on any atom is 0.241 e. The van der Waals surface area contributed by atoms with Gasteiger partial charge in [0.25, 0.3) is 0 Å². The third-order valence-corrected chi connectivity index (χ3v) is 5.65. The van der Waals surface area contributed by atoms with Crippen LogP contribution in [-0.2, 0) is 14.8 Å². The van der Waals surface area contributed by atoms with Crippen LogP contribution in [-0.4, -0.2) is 25.3 Å². The molecule has 0 saturated carbocycles. The highest BCUT2D eigenvalue weighted by atomic mass is 35.5. The molecule has 1 aliphatic heterocycles. The Morgan fingerprint density at radius 3 is 2.56 bits per heavy atom. The van der Waals surface area contributed by atoms with Gasteiger partial charge in [-0.2, -0.15) is 4.72 Å². The van der Waals surface area contributed by atoms with E-state index in [-0.39, 0.29) is 20.1 Å². The number of thioether (sulfide) groups is 1. The first kappa shape index (κ1) is 14.1. The Bertz CT molecular complexity index is 589. The van der Waals surface area contributed by atoms with E-state index < -0.39 is 16.1 Å². The van der Waals surface area contributed by atoms with Crippen molar-refractivity contribution in [1.29, 1.82) is 0 Å². The molecule has 0 amide bonds. The fourth-order valence-corrected chi connectivity index (χ4v) is 4.13. The quantitative estimate of drug-likeness (QED) is 0.926. The van der Waals surface area contributed by atoms with E-state index in [2.05, 4.69) is 4.72 Å². The second kappa shape index (κ2) is 5.38. The maximum atomic E-state index is 12.0. The molecule has 1 N–H and O–H groups in total. The number of hydrogen-bond acceptors (Lipinski definition) is 4. The minimum absolute atomic E-state index is 0.00148. The minimum Gasteiger partial charge on any atom is -0.285 e. The van der Waals surface area contributed by atoms with Crippen LogP contribution in [0.5, 0.6) is 0 Å². The second-order valence-corrected chi connectivity index (χ2v) is 7.33. The Labute approximate surface area is 119 Å².